The fourth-order valence-corrected chi connectivity index (χ4v) is 9.37. The van der Waals surface area contributed by atoms with Crippen LogP contribution in [0.15, 0.2) is 48.5 Å². The molecule has 0 aromatic heterocycles. The van der Waals surface area contributed by atoms with E-state index in [1.165, 1.54) is 123 Å². The molecule has 0 unspecified atom stereocenters. The van der Waals surface area contributed by atoms with Gasteiger partial charge < -0.3 is 9.71 Å². The molecule has 9 rings (SSSR count). The lowest BCUT2D eigenvalue weighted by Crippen LogP contribution is -2.64. The topological polar surface area (TPSA) is 6.48 Å². The lowest BCUT2D eigenvalue weighted by atomic mass is 9.40. The predicted octanol–water partition coefficient (Wildman–Crippen LogP) is 8.98. The molecular formula is C41H39BN2. The summed E-state index contributed by atoms with van der Waals surface area (Å²) < 4.78 is 0. The Morgan fingerprint density at radius 1 is 0.455 bits per heavy atom. The van der Waals surface area contributed by atoms with Gasteiger partial charge in [0.05, 0.1) is 0 Å². The first-order valence-electron chi connectivity index (χ1n) is 16.3. The maximum Gasteiger partial charge on any atom is 0.333 e. The molecule has 5 aromatic carbocycles. The number of anilines is 5. The van der Waals surface area contributed by atoms with E-state index >= 15 is 0 Å². The molecule has 2 nitrogen and oxygen atoms in total. The number of hydrogen-bond donors (Lipinski definition) is 0. The van der Waals surface area contributed by atoms with E-state index in [9.17, 15) is 0 Å². The zero-order chi connectivity index (χ0) is 30.5. The van der Waals surface area contributed by atoms with Gasteiger partial charge in [0.2, 0.25) is 0 Å². The smallest absolute Gasteiger partial charge is 0.333 e. The van der Waals surface area contributed by atoms with Crippen LogP contribution in [0.3, 0.4) is 0 Å². The maximum absolute atomic E-state index is 2.79. The third-order valence-corrected chi connectivity index (χ3v) is 12.3. The Balaban J connectivity index is 1.56. The zero-order valence-corrected chi connectivity index (χ0v) is 27.5. The molecule has 0 N–H and O–H groups in total. The van der Waals surface area contributed by atoms with Crippen molar-refractivity contribution in [2.24, 2.45) is 0 Å². The van der Waals surface area contributed by atoms with E-state index in [1.807, 2.05) is 0 Å². The van der Waals surface area contributed by atoms with Crippen LogP contribution in [0, 0.1) is 62.3 Å². The van der Waals surface area contributed by atoms with Crippen molar-refractivity contribution in [3.63, 3.8) is 0 Å². The predicted molar refractivity (Wildman–Crippen MR) is 188 cm³/mol. The van der Waals surface area contributed by atoms with Crippen LogP contribution in [0.2, 0.25) is 0 Å². The molecule has 0 spiro atoms. The SMILES string of the molecule is Cc1c(C)c2c3c(c1C)B1c4c(c(C)c(C)c(C)c4N3c3ccccc3C2)-c2c(C)c(C)c(C)c3c2N1c1ccccc1C3. The minimum Gasteiger partial charge on any atom is -0.376 e. The quantitative estimate of drug-likeness (QED) is 0.168. The highest BCUT2D eigenvalue weighted by atomic mass is 15.2. The Labute approximate surface area is 262 Å². The Hall–Kier alpha value is -4.24. The minimum atomic E-state index is 0.113. The molecule has 44 heavy (non-hydrogen) atoms. The van der Waals surface area contributed by atoms with E-state index < -0.39 is 0 Å². The van der Waals surface area contributed by atoms with E-state index in [-0.39, 0.29) is 6.85 Å². The van der Waals surface area contributed by atoms with E-state index in [4.69, 9.17) is 0 Å². The first-order chi connectivity index (χ1) is 21.1. The molecule has 0 saturated heterocycles. The van der Waals surface area contributed by atoms with Gasteiger partial charge in [-0.3, -0.25) is 0 Å². The fraction of sp³-hybridized carbons (Fsp3) is 0.268. The Morgan fingerprint density at radius 3 is 1.66 bits per heavy atom. The molecule has 0 fully saturated rings. The van der Waals surface area contributed by atoms with Crippen LogP contribution in [0.5, 0.6) is 0 Å². The van der Waals surface area contributed by atoms with Crippen LogP contribution < -0.4 is 20.6 Å². The second kappa shape index (κ2) is 8.48. The first-order valence-corrected chi connectivity index (χ1v) is 16.3. The Kier molecular flexibility index (Phi) is 5.05. The molecular weight excluding hydrogens is 531 g/mol. The van der Waals surface area contributed by atoms with Gasteiger partial charge >= 0.3 is 6.85 Å². The standard InChI is InChI=1S/C41H39BN2/c1-20-23(4)31-19-30-15-11-13-17-34(30)44-40(31)36(26(20)7)35-25(6)22(3)28(9)39-38(35)42(44)37-27(8)21(2)24(5)32-18-29-14-10-12-16-33(29)43(39)41(32)37/h10-17H,18-19H2,1-9H3. The number of para-hydroxylation sites is 2. The summed E-state index contributed by atoms with van der Waals surface area (Å²) in [4.78, 5) is 5.48. The Bertz CT molecular complexity index is 2190. The normalized spacial score (nSPS) is 14.6. The van der Waals surface area contributed by atoms with Crippen molar-refractivity contribution in [1.82, 2.24) is 0 Å². The van der Waals surface area contributed by atoms with E-state index in [0.29, 0.717) is 0 Å². The number of rotatable bonds is 0. The summed E-state index contributed by atoms with van der Waals surface area (Å²) in [5, 5.41) is 0. The van der Waals surface area contributed by atoms with Crippen LogP contribution in [0.4, 0.5) is 28.4 Å². The molecule has 4 aliphatic rings. The summed E-state index contributed by atoms with van der Waals surface area (Å²) in [5.74, 6) is 0. The summed E-state index contributed by atoms with van der Waals surface area (Å²) >= 11 is 0. The van der Waals surface area contributed by atoms with Crippen molar-refractivity contribution in [2.75, 3.05) is 9.71 Å². The summed E-state index contributed by atoms with van der Waals surface area (Å²) in [7, 11) is 0. The average molecular weight is 571 g/mol. The molecule has 4 heterocycles. The van der Waals surface area contributed by atoms with E-state index in [2.05, 4.69) is 121 Å². The van der Waals surface area contributed by atoms with Crippen molar-refractivity contribution in [3.8, 4) is 11.1 Å². The molecule has 0 bridgehead atoms. The van der Waals surface area contributed by atoms with Crippen molar-refractivity contribution >= 4 is 46.2 Å². The van der Waals surface area contributed by atoms with Crippen molar-refractivity contribution < 1.29 is 0 Å². The molecule has 0 saturated carbocycles. The summed E-state index contributed by atoms with van der Waals surface area (Å²) in [6.45, 7) is 21.4. The van der Waals surface area contributed by atoms with Gasteiger partial charge in [-0.25, -0.2) is 0 Å². The van der Waals surface area contributed by atoms with Crippen LogP contribution in [0.25, 0.3) is 11.1 Å². The number of hydrogen-bond acceptors (Lipinski definition) is 2. The second-order valence-corrected chi connectivity index (χ2v) is 13.9. The van der Waals surface area contributed by atoms with E-state index in [0.717, 1.165) is 12.8 Å². The van der Waals surface area contributed by atoms with E-state index in [1.54, 1.807) is 0 Å². The fourth-order valence-electron chi connectivity index (χ4n) is 9.37. The van der Waals surface area contributed by atoms with Gasteiger partial charge in [-0.15, -0.1) is 0 Å². The molecule has 0 radical (unpaired) electrons. The maximum atomic E-state index is 2.79. The molecule has 0 aliphatic carbocycles. The van der Waals surface area contributed by atoms with Gasteiger partial charge in [-0.1, -0.05) is 36.4 Å². The Morgan fingerprint density at radius 2 is 0.977 bits per heavy atom. The van der Waals surface area contributed by atoms with Crippen molar-refractivity contribution in [3.05, 3.63) is 121 Å². The monoisotopic (exact) mass is 570 g/mol. The first kappa shape index (κ1) is 26.2. The largest absolute Gasteiger partial charge is 0.376 e. The summed E-state index contributed by atoms with van der Waals surface area (Å²) in [5.41, 5.74) is 31.7. The molecule has 5 aromatic rings. The summed E-state index contributed by atoms with van der Waals surface area (Å²) in [6, 6.07) is 18.4. The van der Waals surface area contributed by atoms with Gasteiger partial charge in [0.25, 0.3) is 0 Å². The van der Waals surface area contributed by atoms with Gasteiger partial charge in [-0.2, -0.15) is 0 Å². The number of nitrogens with zero attached hydrogens (tertiary/aromatic N) is 2. The van der Waals surface area contributed by atoms with Crippen LogP contribution in [-0.2, 0) is 12.8 Å². The number of benzene rings is 5. The second-order valence-electron chi connectivity index (χ2n) is 13.9. The number of fused-ring (bicyclic) bond motifs is 8. The van der Waals surface area contributed by atoms with Gasteiger partial charge in [0.1, 0.15) is 0 Å². The van der Waals surface area contributed by atoms with Gasteiger partial charge in [-0.05, 0) is 163 Å². The molecule has 4 aliphatic heterocycles. The van der Waals surface area contributed by atoms with Crippen LogP contribution >= 0.6 is 0 Å². The molecule has 216 valence electrons. The van der Waals surface area contributed by atoms with Crippen LogP contribution in [0.1, 0.15) is 72.3 Å². The lowest BCUT2D eigenvalue weighted by Gasteiger charge is -2.52. The zero-order valence-electron chi connectivity index (χ0n) is 27.5. The third-order valence-electron chi connectivity index (χ3n) is 12.3. The van der Waals surface area contributed by atoms with Crippen molar-refractivity contribution in [2.45, 2.75) is 75.2 Å². The van der Waals surface area contributed by atoms with Crippen LogP contribution in [-0.4, -0.2) is 6.85 Å². The molecule has 0 atom stereocenters. The highest BCUT2D eigenvalue weighted by Crippen LogP contribution is 2.57. The minimum absolute atomic E-state index is 0.113. The van der Waals surface area contributed by atoms with Gasteiger partial charge in [0, 0.05) is 46.8 Å². The highest BCUT2D eigenvalue weighted by molar-refractivity contribution is 6.94. The third kappa shape index (κ3) is 2.85. The van der Waals surface area contributed by atoms with Gasteiger partial charge in [0.15, 0.2) is 0 Å². The summed E-state index contributed by atoms with van der Waals surface area (Å²) in [6.07, 6.45) is 1.97. The molecule has 0 amide bonds. The average Bonchev–Trinajstić information content (AvgIpc) is 3.04. The lowest BCUT2D eigenvalue weighted by molar-refractivity contribution is 1.04. The highest BCUT2D eigenvalue weighted by Gasteiger charge is 2.51. The van der Waals surface area contributed by atoms with Crippen molar-refractivity contribution in [1.29, 1.82) is 0 Å². The molecule has 3 heteroatoms.